The topological polar surface area (TPSA) is 25.8 Å². The smallest absolute Gasteiger partial charge is 0.251 e. The first-order valence-corrected chi connectivity index (χ1v) is 12.4. The highest BCUT2D eigenvalue weighted by Gasteiger charge is 2.38. The van der Waals surface area contributed by atoms with Gasteiger partial charge in [0.25, 0.3) is 0 Å². The van der Waals surface area contributed by atoms with Crippen LogP contribution in [-0.2, 0) is 24.7 Å². The number of halogens is 12. The van der Waals surface area contributed by atoms with Gasteiger partial charge in [0.15, 0.2) is 0 Å². The minimum Gasteiger partial charge on any atom is -0.251 e. The van der Waals surface area contributed by atoms with E-state index in [1.807, 2.05) is 0 Å². The molecule has 3 aromatic carbocycles. The second kappa shape index (κ2) is 10.1. The number of pyridine rings is 2. The zero-order valence-corrected chi connectivity index (χ0v) is 22.2. The molecule has 230 valence electrons. The van der Waals surface area contributed by atoms with Gasteiger partial charge in [-0.3, -0.25) is 9.97 Å². The third kappa shape index (κ3) is 5.89. The molecule has 0 saturated carbocycles. The summed E-state index contributed by atoms with van der Waals surface area (Å²) in [5, 5.41) is 0.110. The average molecular weight is 632 g/mol. The van der Waals surface area contributed by atoms with Crippen LogP contribution in [0.3, 0.4) is 0 Å². The Balaban J connectivity index is 1.84. The molecule has 0 atom stereocenters. The Morgan fingerprint density at radius 2 is 0.682 bits per heavy atom. The molecule has 44 heavy (non-hydrogen) atoms. The van der Waals surface area contributed by atoms with Crippen LogP contribution < -0.4 is 0 Å². The highest BCUT2D eigenvalue weighted by Crippen LogP contribution is 2.43. The molecule has 0 bridgehead atoms. The summed E-state index contributed by atoms with van der Waals surface area (Å²) in [4.78, 5) is 8.71. The molecule has 0 N–H and O–H groups in total. The van der Waals surface area contributed by atoms with Crippen molar-refractivity contribution in [3.8, 4) is 22.3 Å². The van der Waals surface area contributed by atoms with Crippen molar-refractivity contribution in [3.63, 3.8) is 0 Å². The molecule has 0 radical (unpaired) electrons. The van der Waals surface area contributed by atoms with Gasteiger partial charge in [-0.15, -0.1) is 0 Å². The maximum atomic E-state index is 13.6. The van der Waals surface area contributed by atoms with Gasteiger partial charge in [0.2, 0.25) is 0 Å². The van der Waals surface area contributed by atoms with E-state index in [4.69, 9.17) is 0 Å². The maximum absolute atomic E-state index is 13.6. The van der Waals surface area contributed by atoms with Crippen molar-refractivity contribution in [2.45, 2.75) is 38.6 Å². The summed E-state index contributed by atoms with van der Waals surface area (Å²) in [5.41, 5.74) is -7.00. The Kier molecular flexibility index (Phi) is 7.13. The molecule has 2 nitrogen and oxygen atoms in total. The van der Waals surface area contributed by atoms with Gasteiger partial charge in [0, 0.05) is 22.2 Å². The fourth-order valence-electron chi connectivity index (χ4n) is 4.93. The van der Waals surface area contributed by atoms with Crippen LogP contribution in [0.2, 0.25) is 0 Å². The number of nitrogens with zero attached hydrogens (tertiary/aromatic N) is 2. The van der Waals surface area contributed by atoms with E-state index in [0.717, 1.165) is 0 Å². The number of rotatable bonds is 2. The van der Waals surface area contributed by atoms with E-state index in [1.54, 1.807) is 0 Å². The fourth-order valence-corrected chi connectivity index (χ4v) is 4.93. The lowest BCUT2D eigenvalue weighted by Crippen LogP contribution is -2.11. The lowest BCUT2D eigenvalue weighted by molar-refractivity contribution is -0.144. The molecule has 0 amide bonds. The molecular formula is C30H16F12N2. The van der Waals surface area contributed by atoms with Gasteiger partial charge in [-0.25, -0.2) is 0 Å². The Morgan fingerprint density at radius 3 is 0.932 bits per heavy atom. The molecule has 5 rings (SSSR count). The summed E-state index contributed by atoms with van der Waals surface area (Å²) in [6, 6.07) is 7.22. The van der Waals surface area contributed by atoms with Gasteiger partial charge in [-0.1, -0.05) is 12.1 Å². The highest BCUT2D eigenvalue weighted by atomic mass is 19.4. The van der Waals surface area contributed by atoms with Gasteiger partial charge in [-0.05, 0) is 84.6 Å². The molecule has 0 spiro atoms. The fraction of sp³-hybridized carbons (Fsp3) is 0.200. The first kappa shape index (κ1) is 31.1. The zero-order chi connectivity index (χ0) is 32.6. The molecule has 0 fully saturated rings. The van der Waals surface area contributed by atoms with Crippen molar-refractivity contribution >= 4 is 21.8 Å². The number of hydrogen-bond donors (Lipinski definition) is 0. The normalized spacial score (nSPS) is 13.2. The molecule has 0 aliphatic rings. The Morgan fingerprint density at radius 1 is 0.409 bits per heavy atom. The van der Waals surface area contributed by atoms with Crippen LogP contribution in [0.4, 0.5) is 52.7 Å². The summed E-state index contributed by atoms with van der Waals surface area (Å²) in [6.07, 6.45) is -20.5. The zero-order valence-electron chi connectivity index (χ0n) is 22.2. The van der Waals surface area contributed by atoms with Crippen LogP contribution in [-0.4, -0.2) is 9.97 Å². The van der Waals surface area contributed by atoms with Crippen LogP contribution >= 0.6 is 0 Å². The van der Waals surface area contributed by atoms with Gasteiger partial charge < -0.3 is 0 Å². The summed E-state index contributed by atoms with van der Waals surface area (Å²) >= 11 is 0. The molecular weight excluding hydrogens is 616 g/mol. The van der Waals surface area contributed by atoms with Crippen LogP contribution in [0.25, 0.3) is 44.1 Å². The number of fused-ring (bicyclic) bond motifs is 3. The van der Waals surface area contributed by atoms with Crippen molar-refractivity contribution in [1.82, 2.24) is 9.97 Å². The standard InChI is InChI=1S/C30H16F12N2/c1-13-5-23(15-7-17(27(31,32)33)11-18(8-15)28(34,35)36)21-3-4-22-24(6-14(2)44-26(22)25(21)43-13)16-9-19(29(37,38)39)12-20(10-16)30(40,41)42/h3-12H,1-2H3. The van der Waals surface area contributed by atoms with Crippen molar-refractivity contribution < 1.29 is 52.7 Å². The second-order valence-corrected chi connectivity index (χ2v) is 10.1. The number of alkyl halides is 12. The maximum Gasteiger partial charge on any atom is 0.416 e. The van der Waals surface area contributed by atoms with Gasteiger partial charge in [0.1, 0.15) is 0 Å². The molecule has 2 aromatic heterocycles. The van der Waals surface area contributed by atoms with Crippen molar-refractivity contribution in [3.05, 3.63) is 94.3 Å². The van der Waals surface area contributed by atoms with Gasteiger partial charge in [0.05, 0.1) is 33.3 Å². The summed E-state index contributed by atoms with van der Waals surface area (Å²) in [6.45, 7) is 2.83. The van der Waals surface area contributed by atoms with Crippen molar-refractivity contribution in [2.24, 2.45) is 0 Å². The predicted molar refractivity (Wildman–Crippen MR) is 137 cm³/mol. The van der Waals surface area contributed by atoms with E-state index < -0.39 is 58.1 Å². The summed E-state index contributed by atoms with van der Waals surface area (Å²) in [5.74, 6) is 0. The summed E-state index contributed by atoms with van der Waals surface area (Å²) in [7, 11) is 0. The summed E-state index contributed by atoms with van der Waals surface area (Å²) < 4.78 is 163. The SMILES string of the molecule is Cc1cc(-c2cc(C(F)(F)F)cc(C(F)(F)F)c2)c2ccc3c(-c4cc(C(F)(F)F)cc(C(F)(F)F)c4)cc(C)nc3c2n1. The van der Waals surface area contributed by atoms with Crippen LogP contribution in [0.1, 0.15) is 33.6 Å². The molecule has 0 aliphatic carbocycles. The molecule has 0 aliphatic heterocycles. The van der Waals surface area contributed by atoms with Crippen LogP contribution in [0.5, 0.6) is 0 Å². The minimum atomic E-state index is -5.12. The van der Waals surface area contributed by atoms with E-state index >= 15 is 0 Å². The third-order valence-corrected chi connectivity index (χ3v) is 6.81. The largest absolute Gasteiger partial charge is 0.416 e. The number of benzene rings is 3. The molecule has 5 aromatic rings. The molecule has 14 heteroatoms. The predicted octanol–water partition coefficient (Wildman–Crippen LogP) is 10.8. The van der Waals surface area contributed by atoms with E-state index in [2.05, 4.69) is 9.97 Å². The number of aryl methyl sites for hydroxylation is 2. The molecule has 2 heterocycles. The monoisotopic (exact) mass is 632 g/mol. The van der Waals surface area contributed by atoms with Crippen molar-refractivity contribution in [1.29, 1.82) is 0 Å². The average Bonchev–Trinajstić information content (AvgIpc) is 2.89. The van der Waals surface area contributed by atoms with Gasteiger partial charge in [-0.2, -0.15) is 52.7 Å². The number of hydrogen-bond acceptors (Lipinski definition) is 2. The lowest BCUT2D eigenvalue weighted by Gasteiger charge is -2.18. The van der Waals surface area contributed by atoms with Gasteiger partial charge >= 0.3 is 24.7 Å². The van der Waals surface area contributed by atoms with E-state index in [9.17, 15) is 52.7 Å². The molecule has 0 unspecified atom stereocenters. The Hall–Kier alpha value is -4.36. The van der Waals surface area contributed by atoms with E-state index in [1.165, 1.54) is 38.1 Å². The third-order valence-electron chi connectivity index (χ3n) is 6.81. The minimum absolute atomic E-state index is 0.0173. The first-order chi connectivity index (χ1) is 20.1. The second-order valence-electron chi connectivity index (χ2n) is 10.1. The molecule has 0 saturated heterocycles. The highest BCUT2D eigenvalue weighted by molar-refractivity contribution is 6.12. The first-order valence-electron chi connectivity index (χ1n) is 12.4. The van der Waals surface area contributed by atoms with Crippen LogP contribution in [0.15, 0.2) is 60.7 Å². The Bertz CT molecular complexity index is 1730. The van der Waals surface area contributed by atoms with Crippen molar-refractivity contribution in [2.75, 3.05) is 0 Å². The van der Waals surface area contributed by atoms with E-state index in [0.29, 0.717) is 24.3 Å². The Labute approximate surface area is 240 Å². The quantitative estimate of drug-likeness (QED) is 0.143. The van der Waals surface area contributed by atoms with E-state index in [-0.39, 0.29) is 56.5 Å². The van der Waals surface area contributed by atoms with Crippen LogP contribution in [0, 0.1) is 13.8 Å². The lowest BCUT2D eigenvalue weighted by atomic mass is 9.92. The number of aromatic nitrogens is 2.